The molecule has 7 heteroatoms. The molecule has 0 atom stereocenters. The molecule has 142 valence electrons. The third-order valence-electron chi connectivity index (χ3n) is 3.82. The Morgan fingerprint density at radius 3 is 2.71 bits per heavy atom. The summed E-state index contributed by atoms with van der Waals surface area (Å²) in [5, 5.41) is 5.69. The number of anilines is 1. The summed E-state index contributed by atoms with van der Waals surface area (Å²) in [6, 6.07) is 16.9. The van der Waals surface area contributed by atoms with E-state index in [2.05, 4.69) is 20.6 Å². The Kier molecular flexibility index (Phi) is 6.34. The van der Waals surface area contributed by atoms with Crippen LogP contribution in [0.3, 0.4) is 0 Å². The van der Waals surface area contributed by atoms with Gasteiger partial charge in [0.05, 0.1) is 17.3 Å². The minimum absolute atomic E-state index is 0.0286. The van der Waals surface area contributed by atoms with Gasteiger partial charge in [-0.15, -0.1) is 0 Å². The number of benzene rings is 2. The average Bonchev–Trinajstić information content (AvgIpc) is 2.69. The molecule has 0 saturated heterocycles. The number of hydrogen-bond donors (Lipinski definition) is 2. The molecule has 28 heavy (non-hydrogen) atoms. The highest BCUT2D eigenvalue weighted by molar-refractivity contribution is 6.31. The maximum absolute atomic E-state index is 13.4. The quantitative estimate of drug-likeness (QED) is 0.501. The van der Waals surface area contributed by atoms with E-state index in [1.54, 1.807) is 18.3 Å². The van der Waals surface area contributed by atoms with E-state index in [1.165, 1.54) is 18.2 Å². The minimum atomic E-state index is -0.525. The predicted molar refractivity (Wildman–Crippen MR) is 109 cm³/mol. The van der Waals surface area contributed by atoms with Gasteiger partial charge in [0.15, 0.2) is 0 Å². The summed E-state index contributed by atoms with van der Waals surface area (Å²) >= 11 is 5.84. The fourth-order valence-electron chi connectivity index (χ4n) is 2.44. The Bertz CT molecular complexity index is 1010. The van der Waals surface area contributed by atoms with Crippen LogP contribution in [0.15, 0.2) is 71.9 Å². The van der Waals surface area contributed by atoms with Crippen LogP contribution in [0.2, 0.25) is 5.02 Å². The topological polar surface area (TPSA) is 66.4 Å². The minimum Gasteiger partial charge on any atom is -0.326 e. The van der Waals surface area contributed by atoms with E-state index in [-0.39, 0.29) is 23.4 Å². The van der Waals surface area contributed by atoms with Gasteiger partial charge in [-0.25, -0.2) is 9.38 Å². The molecule has 2 N–H and O–H groups in total. The molecule has 3 aromatic rings. The molecule has 0 spiro atoms. The number of aryl methyl sites for hydroxylation is 1. The van der Waals surface area contributed by atoms with Crippen molar-refractivity contribution in [2.45, 2.75) is 13.5 Å². The number of carbonyl (C=O) groups is 1. The number of guanidine groups is 1. The maximum Gasteiger partial charge on any atom is 0.257 e. The zero-order valence-corrected chi connectivity index (χ0v) is 15.9. The third-order valence-corrected chi connectivity index (χ3v) is 4.11. The number of aromatic nitrogens is 1. The molecular weight excluding hydrogens is 379 g/mol. The molecule has 0 aliphatic rings. The first-order valence-electron chi connectivity index (χ1n) is 8.56. The van der Waals surface area contributed by atoms with Gasteiger partial charge in [-0.2, -0.15) is 0 Å². The summed E-state index contributed by atoms with van der Waals surface area (Å²) in [7, 11) is 0. The zero-order chi connectivity index (χ0) is 19.9. The molecule has 0 fully saturated rings. The van der Waals surface area contributed by atoms with Crippen molar-refractivity contribution in [3.63, 3.8) is 0 Å². The summed E-state index contributed by atoms with van der Waals surface area (Å²) in [4.78, 5) is 21.2. The van der Waals surface area contributed by atoms with E-state index in [9.17, 15) is 9.18 Å². The molecule has 0 bridgehead atoms. The van der Waals surface area contributed by atoms with Crippen LogP contribution in [0.5, 0.6) is 0 Å². The molecule has 0 saturated carbocycles. The number of pyridine rings is 1. The van der Waals surface area contributed by atoms with Crippen LogP contribution in [0, 0.1) is 12.7 Å². The van der Waals surface area contributed by atoms with Gasteiger partial charge >= 0.3 is 0 Å². The lowest BCUT2D eigenvalue weighted by Gasteiger charge is -2.12. The Morgan fingerprint density at radius 1 is 1.14 bits per heavy atom. The Labute approximate surface area is 167 Å². The highest BCUT2D eigenvalue weighted by Gasteiger charge is 2.11. The molecule has 1 aromatic heterocycles. The summed E-state index contributed by atoms with van der Waals surface area (Å²) in [5.41, 5.74) is 2.71. The van der Waals surface area contributed by atoms with Gasteiger partial charge in [0.2, 0.25) is 5.96 Å². The number of hydrogen-bond acceptors (Lipinski definition) is 3. The lowest BCUT2D eigenvalue weighted by atomic mass is 10.1. The number of rotatable bonds is 4. The van der Waals surface area contributed by atoms with Crippen LogP contribution in [-0.2, 0) is 6.54 Å². The Morgan fingerprint density at radius 2 is 2.00 bits per heavy atom. The second kappa shape index (κ2) is 9.10. The first kappa shape index (κ1) is 19.5. The van der Waals surface area contributed by atoms with Gasteiger partial charge in [0, 0.05) is 17.4 Å². The van der Waals surface area contributed by atoms with Gasteiger partial charge in [0.1, 0.15) is 5.82 Å². The van der Waals surface area contributed by atoms with E-state index < -0.39 is 5.82 Å². The van der Waals surface area contributed by atoms with Crippen LogP contribution < -0.4 is 10.6 Å². The summed E-state index contributed by atoms with van der Waals surface area (Å²) in [6.45, 7) is 2.16. The van der Waals surface area contributed by atoms with Crippen LogP contribution >= 0.6 is 11.6 Å². The van der Waals surface area contributed by atoms with Crippen molar-refractivity contribution in [3.8, 4) is 0 Å². The van der Waals surface area contributed by atoms with Crippen molar-refractivity contribution in [2.75, 3.05) is 5.32 Å². The van der Waals surface area contributed by atoms with Crippen LogP contribution in [0.25, 0.3) is 0 Å². The van der Waals surface area contributed by atoms with Crippen molar-refractivity contribution in [1.82, 2.24) is 10.3 Å². The van der Waals surface area contributed by atoms with E-state index in [1.807, 2.05) is 37.3 Å². The summed E-state index contributed by atoms with van der Waals surface area (Å²) < 4.78 is 13.4. The fraction of sp³-hybridized carbons (Fsp3) is 0.0952. The van der Waals surface area contributed by atoms with Gasteiger partial charge in [-0.1, -0.05) is 35.4 Å². The molecule has 5 nitrogen and oxygen atoms in total. The largest absolute Gasteiger partial charge is 0.326 e. The van der Waals surface area contributed by atoms with Gasteiger partial charge in [0.25, 0.3) is 5.91 Å². The zero-order valence-electron chi connectivity index (χ0n) is 15.1. The first-order chi connectivity index (χ1) is 13.5. The van der Waals surface area contributed by atoms with Gasteiger partial charge in [-0.3, -0.25) is 15.1 Å². The van der Waals surface area contributed by atoms with Crippen LogP contribution in [0.4, 0.5) is 10.1 Å². The third kappa shape index (κ3) is 5.37. The molecule has 0 radical (unpaired) electrons. The maximum atomic E-state index is 13.4. The second-order valence-electron chi connectivity index (χ2n) is 6.06. The van der Waals surface area contributed by atoms with Gasteiger partial charge in [-0.05, 0) is 49.4 Å². The molecule has 1 heterocycles. The number of halogens is 2. The molecule has 1 amide bonds. The van der Waals surface area contributed by atoms with Crippen LogP contribution in [0.1, 0.15) is 21.6 Å². The standard InChI is InChI=1S/C21H18ClFN4O/c1-14-5-4-6-15(11-14)20(28)27-21(25-13-17-7-2-3-10-24-17)26-16-8-9-19(23)18(22)12-16/h2-12H,13H2,1H3,(H2,25,26,27,28). The Hall–Kier alpha value is -3.25. The number of aliphatic imine (C=N–C) groups is 1. The van der Waals surface area contributed by atoms with Crippen LogP contribution in [-0.4, -0.2) is 16.9 Å². The molecule has 0 aliphatic carbocycles. The van der Waals surface area contributed by atoms with Crippen molar-refractivity contribution in [1.29, 1.82) is 0 Å². The molecule has 0 aliphatic heterocycles. The predicted octanol–water partition coefficient (Wildman–Crippen LogP) is 4.58. The SMILES string of the molecule is Cc1cccc(C(=O)NC(=NCc2ccccn2)Nc2ccc(F)c(Cl)c2)c1. The van der Waals surface area contributed by atoms with Crippen molar-refractivity contribution in [3.05, 3.63) is 94.5 Å². The lowest BCUT2D eigenvalue weighted by molar-refractivity contribution is 0.0977. The second-order valence-corrected chi connectivity index (χ2v) is 6.47. The lowest BCUT2D eigenvalue weighted by Crippen LogP contribution is -2.36. The highest BCUT2D eigenvalue weighted by Crippen LogP contribution is 2.19. The number of carbonyl (C=O) groups excluding carboxylic acids is 1. The van der Waals surface area contributed by atoms with Crippen molar-refractivity contribution < 1.29 is 9.18 Å². The monoisotopic (exact) mass is 396 g/mol. The molecular formula is C21H18ClFN4O. The number of nitrogens with one attached hydrogen (secondary N) is 2. The number of amides is 1. The summed E-state index contributed by atoms with van der Waals surface area (Å²) in [6.07, 6.45) is 1.67. The molecule has 0 unspecified atom stereocenters. The highest BCUT2D eigenvalue weighted by atomic mass is 35.5. The average molecular weight is 397 g/mol. The van der Waals surface area contributed by atoms with E-state index in [4.69, 9.17) is 11.6 Å². The van der Waals surface area contributed by atoms with Crippen molar-refractivity contribution >= 4 is 29.2 Å². The number of nitrogens with zero attached hydrogens (tertiary/aromatic N) is 2. The van der Waals surface area contributed by atoms with Gasteiger partial charge < -0.3 is 5.32 Å². The molecule has 3 rings (SSSR count). The van der Waals surface area contributed by atoms with Crippen molar-refractivity contribution in [2.24, 2.45) is 4.99 Å². The summed E-state index contributed by atoms with van der Waals surface area (Å²) in [5.74, 6) is -0.632. The smallest absolute Gasteiger partial charge is 0.257 e. The Balaban J connectivity index is 1.82. The van der Waals surface area contributed by atoms with E-state index in [0.717, 1.165) is 11.3 Å². The first-order valence-corrected chi connectivity index (χ1v) is 8.93. The van der Waals surface area contributed by atoms with E-state index in [0.29, 0.717) is 11.3 Å². The fourth-order valence-corrected chi connectivity index (χ4v) is 2.62. The van der Waals surface area contributed by atoms with E-state index >= 15 is 0 Å². The normalized spacial score (nSPS) is 11.2. The molecule has 2 aromatic carbocycles.